The molecule has 0 saturated heterocycles. The molecule has 1 aromatic rings. The zero-order chi connectivity index (χ0) is 13.9. The van der Waals surface area contributed by atoms with E-state index in [4.69, 9.17) is 15.6 Å². The number of methoxy groups -OCH3 is 1. The Morgan fingerprint density at radius 2 is 1.94 bits per heavy atom. The van der Waals surface area contributed by atoms with Gasteiger partial charge in [-0.3, -0.25) is 4.79 Å². The van der Waals surface area contributed by atoms with Gasteiger partial charge < -0.3 is 15.6 Å². The standard InChI is InChI=1S/C14H21NO3/c1-8(2)10-5-6-11(12(7-10)18-4)13(15)9(3)14(16)17/h5-9,13H,15H2,1-4H3,(H,16,17). The molecule has 3 N–H and O–H groups in total. The second-order valence-corrected chi connectivity index (χ2v) is 4.81. The predicted molar refractivity (Wildman–Crippen MR) is 70.8 cm³/mol. The van der Waals surface area contributed by atoms with Gasteiger partial charge in [0, 0.05) is 11.6 Å². The van der Waals surface area contributed by atoms with Crippen LogP contribution in [0.25, 0.3) is 0 Å². The van der Waals surface area contributed by atoms with E-state index in [1.54, 1.807) is 14.0 Å². The fourth-order valence-electron chi connectivity index (χ4n) is 1.79. The lowest BCUT2D eigenvalue weighted by atomic mass is 9.92. The molecule has 0 radical (unpaired) electrons. The number of carboxylic acids is 1. The quantitative estimate of drug-likeness (QED) is 0.843. The van der Waals surface area contributed by atoms with Crippen molar-refractivity contribution in [3.8, 4) is 5.75 Å². The minimum atomic E-state index is -0.905. The number of rotatable bonds is 5. The lowest BCUT2D eigenvalue weighted by Crippen LogP contribution is -2.26. The molecule has 2 unspecified atom stereocenters. The van der Waals surface area contributed by atoms with Crippen LogP contribution in [0.4, 0.5) is 0 Å². The van der Waals surface area contributed by atoms with Crippen LogP contribution in [0.15, 0.2) is 18.2 Å². The van der Waals surface area contributed by atoms with E-state index in [0.29, 0.717) is 11.7 Å². The average molecular weight is 251 g/mol. The van der Waals surface area contributed by atoms with Crippen LogP contribution in [0.1, 0.15) is 43.9 Å². The van der Waals surface area contributed by atoms with Gasteiger partial charge in [0.05, 0.1) is 13.0 Å². The molecule has 4 heteroatoms. The van der Waals surface area contributed by atoms with Crippen molar-refractivity contribution < 1.29 is 14.6 Å². The molecular weight excluding hydrogens is 230 g/mol. The third-order valence-corrected chi connectivity index (χ3v) is 3.21. The molecule has 0 aromatic heterocycles. The molecule has 18 heavy (non-hydrogen) atoms. The summed E-state index contributed by atoms with van der Waals surface area (Å²) < 4.78 is 5.31. The summed E-state index contributed by atoms with van der Waals surface area (Å²) in [5.41, 5.74) is 7.86. The lowest BCUT2D eigenvalue weighted by Gasteiger charge is -2.20. The van der Waals surface area contributed by atoms with Gasteiger partial charge in [0.15, 0.2) is 0 Å². The summed E-state index contributed by atoms with van der Waals surface area (Å²) >= 11 is 0. The maximum Gasteiger partial charge on any atom is 0.308 e. The Balaban J connectivity index is 3.13. The number of carboxylic acid groups (broad SMARTS) is 1. The van der Waals surface area contributed by atoms with E-state index in [0.717, 1.165) is 11.1 Å². The first-order chi connectivity index (χ1) is 8.38. The van der Waals surface area contributed by atoms with Crippen molar-refractivity contribution in [2.45, 2.75) is 32.7 Å². The van der Waals surface area contributed by atoms with Crippen LogP contribution in [0, 0.1) is 5.92 Å². The molecule has 0 bridgehead atoms. The van der Waals surface area contributed by atoms with E-state index in [9.17, 15) is 4.79 Å². The highest BCUT2D eigenvalue weighted by molar-refractivity contribution is 5.71. The number of nitrogens with two attached hydrogens (primary N) is 1. The number of ether oxygens (including phenoxy) is 1. The molecule has 0 amide bonds. The molecule has 4 nitrogen and oxygen atoms in total. The Morgan fingerprint density at radius 3 is 2.39 bits per heavy atom. The van der Waals surface area contributed by atoms with Crippen LogP contribution in [0.2, 0.25) is 0 Å². The van der Waals surface area contributed by atoms with Crippen molar-refractivity contribution in [2.24, 2.45) is 11.7 Å². The summed E-state index contributed by atoms with van der Waals surface area (Å²) in [7, 11) is 1.57. The number of aliphatic carboxylic acids is 1. The van der Waals surface area contributed by atoms with Gasteiger partial charge in [-0.05, 0) is 17.5 Å². The third-order valence-electron chi connectivity index (χ3n) is 3.21. The Hall–Kier alpha value is -1.55. The maximum absolute atomic E-state index is 11.0. The van der Waals surface area contributed by atoms with E-state index < -0.39 is 17.9 Å². The maximum atomic E-state index is 11.0. The molecule has 0 aliphatic heterocycles. The van der Waals surface area contributed by atoms with Crippen molar-refractivity contribution in [3.05, 3.63) is 29.3 Å². The molecular formula is C14H21NO3. The highest BCUT2D eigenvalue weighted by atomic mass is 16.5. The molecule has 1 rings (SSSR count). The second kappa shape index (κ2) is 5.87. The number of hydrogen-bond donors (Lipinski definition) is 2. The zero-order valence-electron chi connectivity index (χ0n) is 11.3. The Kier molecular flexibility index (Phi) is 4.73. The molecule has 0 spiro atoms. The van der Waals surface area contributed by atoms with Crippen LogP contribution in [-0.4, -0.2) is 18.2 Å². The summed E-state index contributed by atoms with van der Waals surface area (Å²) in [6.45, 7) is 5.78. The van der Waals surface area contributed by atoms with E-state index in [2.05, 4.69) is 13.8 Å². The average Bonchev–Trinajstić information content (AvgIpc) is 2.35. The SMILES string of the molecule is COc1cc(C(C)C)ccc1C(N)C(C)C(=O)O. The van der Waals surface area contributed by atoms with Gasteiger partial charge >= 0.3 is 5.97 Å². The van der Waals surface area contributed by atoms with E-state index in [-0.39, 0.29) is 0 Å². The fraction of sp³-hybridized carbons (Fsp3) is 0.500. The molecule has 100 valence electrons. The lowest BCUT2D eigenvalue weighted by molar-refractivity contribution is -0.141. The van der Waals surface area contributed by atoms with Crippen molar-refractivity contribution in [2.75, 3.05) is 7.11 Å². The molecule has 0 heterocycles. The predicted octanol–water partition coefficient (Wildman–Crippen LogP) is 2.54. The minimum Gasteiger partial charge on any atom is -0.496 e. The molecule has 0 aliphatic carbocycles. The highest BCUT2D eigenvalue weighted by Crippen LogP contribution is 2.31. The zero-order valence-corrected chi connectivity index (χ0v) is 11.3. The smallest absolute Gasteiger partial charge is 0.308 e. The molecule has 0 fully saturated rings. The van der Waals surface area contributed by atoms with Crippen molar-refractivity contribution in [1.82, 2.24) is 0 Å². The van der Waals surface area contributed by atoms with Crippen LogP contribution < -0.4 is 10.5 Å². The Morgan fingerprint density at radius 1 is 1.33 bits per heavy atom. The van der Waals surface area contributed by atoms with Gasteiger partial charge in [-0.15, -0.1) is 0 Å². The molecule has 2 atom stereocenters. The van der Waals surface area contributed by atoms with Crippen molar-refractivity contribution in [1.29, 1.82) is 0 Å². The number of benzene rings is 1. The largest absolute Gasteiger partial charge is 0.496 e. The Labute approximate surface area is 108 Å². The summed E-state index contributed by atoms with van der Waals surface area (Å²) in [6.07, 6.45) is 0. The van der Waals surface area contributed by atoms with Gasteiger partial charge in [-0.25, -0.2) is 0 Å². The normalized spacial score (nSPS) is 14.3. The highest BCUT2D eigenvalue weighted by Gasteiger charge is 2.24. The molecule has 0 saturated carbocycles. The molecule has 1 aromatic carbocycles. The van der Waals surface area contributed by atoms with Gasteiger partial charge in [0.2, 0.25) is 0 Å². The van der Waals surface area contributed by atoms with Gasteiger partial charge in [-0.2, -0.15) is 0 Å². The first-order valence-electron chi connectivity index (χ1n) is 6.04. The van der Waals surface area contributed by atoms with Crippen LogP contribution in [0.3, 0.4) is 0 Å². The van der Waals surface area contributed by atoms with Crippen molar-refractivity contribution >= 4 is 5.97 Å². The second-order valence-electron chi connectivity index (χ2n) is 4.81. The van der Waals surface area contributed by atoms with Crippen LogP contribution in [-0.2, 0) is 4.79 Å². The van der Waals surface area contributed by atoms with Gasteiger partial charge in [0.25, 0.3) is 0 Å². The van der Waals surface area contributed by atoms with Gasteiger partial charge in [-0.1, -0.05) is 32.9 Å². The van der Waals surface area contributed by atoms with Crippen LogP contribution >= 0.6 is 0 Å². The third kappa shape index (κ3) is 3.01. The summed E-state index contributed by atoms with van der Waals surface area (Å²) in [6, 6.07) is 5.18. The number of carbonyl (C=O) groups is 1. The first-order valence-corrected chi connectivity index (χ1v) is 6.04. The Bertz CT molecular complexity index is 429. The molecule has 0 aliphatic rings. The summed E-state index contributed by atoms with van der Waals surface area (Å²) in [5.74, 6) is -0.510. The monoisotopic (exact) mass is 251 g/mol. The number of hydrogen-bond acceptors (Lipinski definition) is 3. The van der Waals surface area contributed by atoms with Crippen molar-refractivity contribution in [3.63, 3.8) is 0 Å². The summed E-state index contributed by atoms with van der Waals surface area (Å²) in [4.78, 5) is 11.0. The van der Waals surface area contributed by atoms with E-state index in [1.165, 1.54) is 0 Å². The van der Waals surface area contributed by atoms with E-state index >= 15 is 0 Å². The van der Waals surface area contributed by atoms with E-state index in [1.807, 2.05) is 18.2 Å². The minimum absolute atomic E-state index is 0.390. The van der Waals surface area contributed by atoms with Crippen LogP contribution in [0.5, 0.6) is 5.75 Å². The topological polar surface area (TPSA) is 72.5 Å². The summed E-state index contributed by atoms with van der Waals surface area (Å²) in [5, 5.41) is 9.00. The first kappa shape index (κ1) is 14.5. The fourth-order valence-corrected chi connectivity index (χ4v) is 1.79. The van der Waals surface area contributed by atoms with Gasteiger partial charge in [0.1, 0.15) is 5.75 Å².